The van der Waals surface area contributed by atoms with Crippen LogP contribution in [0.25, 0.3) is 38.3 Å². The Balaban J connectivity index is 1.61. The number of nitrogens with zero attached hydrogens (tertiary/aromatic N) is 3. The molecule has 5 nitrogen and oxygen atoms in total. The van der Waals surface area contributed by atoms with E-state index in [2.05, 4.69) is 76.4 Å². The minimum Gasteiger partial charge on any atom is -0.379 e. The lowest BCUT2D eigenvalue weighted by atomic mass is 9.98. The van der Waals surface area contributed by atoms with Gasteiger partial charge in [0.05, 0.1) is 30.5 Å². The molecule has 0 saturated carbocycles. The van der Waals surface area contributed by atoms with E-state index in [1.165, 1.54) is 27.5 Å². The molecule has 0 aliphatic rings. The summed E-state index contributed by atoms with van der Waals surface area (Å²) in [4.78, 5) is 4.92. The third-order valence-corrected chi connectivity index (χ3v) is 6.94. The van der Waals surface area contributed by atoms with Crippen LogP contribution in [0.5, 0.6) is 0 Å². The molecule has 5 heteroatoms. The molecule has 2 aromatic heterocycles. The molecule has 0 aliphatic carbocycles. The van der Waals surface area contributed by atoms with Crippen LogP contribution >= 0.6 is 0 Å². The van der Waals surface area contributed by atoms with Gasteiger partial charge in [-0.3, -0.25) is 4.98 Å². The highest BCUT2D eigenvalue weighted by molar-refractivity contribution is 6.23. The van der Waals surface area contributed by atoms with Crippen LogP contribution in [0.15, 0.2) is 48.7 Å². The van der Waals surface area contributed by atoms with Crippen molar-refractivity contribution in [2.45, 2.75) is 53.8 Å². The Morgan fingerprint density at radius 3 is 2.37 bits per heavy atom. The van der Waals surface area contributed by atoms with Crippen molar-refractivity contribution >= 4 is 32.6 Å². The summed E-state index contributed by atoms with van der Waals surface area (Å²) in [6.07, 6.45) is 3.25. The summed E-state index contributed by atoms with van der Waals surface area (Å²) < 4.78 is 13.4. The first-order chi connectivity index (χ1) is 16.9. The molecule has 0 amide bonds. The molecule has 0 bridgehead atoms. The quantitative estimate of drug-likeness (QED) is 0.244. The smallest absolute Gasteiger partial charge is 0.103 e. The van der Waals surface area contributed by atoms with Crippen molar-refractivity contribution in [2.24, 2.45) is 0 Å². The third-order valence-electron chi connectivity index (χ3n) is 6.94. The van der Waals surface area contributed by atoms with Crippen LogP contribution in [0, 0.1) is 27.7 Å². The second-order valence-corrected chi connectivity index (χ2v) is 9.54. The molecule has 5 aromatic rings. The van der Waals surface area contributed by atoms with E-state index in [4.69, 9.17) is 19.6 Å². The SMILES string of the molecule is CCC(COCc1cc(C)c(-n2cc3c4cccc(C)c4c4nc(C)ccc4c3n2)c(C)c1)OC. The first kappa shape index (κ1) is 23.5. The van der Waals surface area contributed by atoms with Gasteiger partial charge in [0.2, 0.25) is 0 Å². The maximum absolute atomic E-state index is 5.93. The zero-order valence-electron chi connectivity index (χ0n) is 21.5. The summed E-state index contributed by atoms with van der Waals surface area (Å²) in [7, 11) is 1.74. The standard InChI is InChI=1S/C30H33N3O2/c1-7-23(34-6)17-35-16-22-13-19(3)30(20(4)14-22)33-15-26-24-10-8-9-18(2)27(24)29-25(28(26)32-33)12-11-21(5)31-29/h8-15,23H,7,16-17H2,1-6H3. The fourth-order valence-electron chi connectivity index (χ4n) is 5.18. The number of ether oxygens (including phenoxy) is 2. The van der Waals surface area contributed by atoms with E-state index in [1.54, 1.807) is 7.11 Å². The second kappa shape index (κ2) is 9.40. The van der Waals surface area contributed by atoms with Crippen LogP contribution in [0.4, 0.5) is 0 Å². The van der Waals surface area contributed by atoms with Crippen LogP contribution < -0.4 is 0 Å². The van der Waals surface area contributed by atoms with Gasteiger partial charge in [-0.25, -0.2) is 4.68 Å². The number of rotatable bonds is 7. The van der Waals surface area contributed by atoms with Gasteiger partial charge in [0.15, 0.2) is 0 Å². The number of pyridine rings is 1. The van der Waals surface area contributed by atoms with E-state index >= 15 is 0 Å². The maximum atomic E-state index is 5.93. The number of benzene rings is 3. The highest BCUT2D eigenvalue weighted by Crippen LogP contribution is 2.36. The van der Waals surface area contributed by atoms with Crippen molar-refractivity contribution in [1.82, 2.24) is 14.8 Å². The zero-order valence-corrected chi connectivity index (χ0v) is 21.5. The highest BCUT2D eigenvalue weighted by Gasteiger charge is 2.17. The van der Waals surface area contributed by atoms with Crippen molar-refractivity contribution in [2.75, 3.05) is 13.7 Å². The van der Waals surface area contributed by atoms with Gasteiger partial charge >= 0.3 is 0 Å². The first-order valence-corrected chi connectivity index (χ1v) is 12.3. The minimum absolute atomic E-state index is 0.138. The Labute approximate surface area is 206 Å². The normalized spacial score (nSPS) is 12.7. The topological polar surface area (TPSA) is 49.2 Å². The Morgan fingerprint density at radius 1 is 0.886 bits per heavy atom. The van der Waals surface area contributed by atoms with Crippen LogP contribution in [-0.2, 0) is 16.1 Å². The van der Waals surface area contributed by atoms with Crippen molar-refractivity contribution in [3.05, 3.63) is 76.6 Å². The molecule has 0 saturated heterocycles. The first-order valence-electron chi connectivity index (χ1n) is 12.3. The van der Waals surface area contributed by atoms with Gasteiger partial charge in [0.25, 0.3) is 0 Å². The molecule has 3 aromatic carbocycles. The van der Waals surface area contributed by atoms with Gasteiger partial charge in [-0.2, -0.15) is 5.10 Å². The predicted molar refractivity (Wildman–Crippen MR) is 144 cm³/mol. The third kappa shape index (κ3) is 4.19. The van der Waals surface area contributed by atoms with Crippen molar-refractivity contribution < 1.29 is 9.47 Å². The fourth-order valence-corrected chi connectivity index (χ4v) is 5.18. The van der Waals surface area contributed by atoms with Gasteiger partial charge in [-0.05, 0) is 73.9 Å². The van der Waals surface area contributed by atoms with Crippen LogP contribution in [-0.4, -0.2) is 34.6 Å². The number of methoxy groups -OCH3 is 1. The minimum atomic E-state index is 0.138. The molecular weight excluding hydrogens is 434 g/mol. The highest BCUT2D eigenvalue weighted by atomic mass is 16.5. The average molecular weight is 468 g/mol. The van der Waals surface area contributed by atoms with Gasteiger partial charge in [0, 0.05) is 35.2 Å². The van der Waals surface area contributed by atoms with E-state index < -0.39 is 0 Å². The van der Waals surface area contributed by atoms with Crippen LogP contribution in [0.2, 0.25) is 0 Å². The van der Waals surface area contributed by atoms with Crippen LogP contribution in [0.1, 0.15) is 41.3 Å². The average Bonchev–Trinajstić information content (AvgIpc) is 3.26. The number of hydrogen-bond acceptors (Lipinski definition) is 4. The fraction of sp³-hybridized carbons (Fsp3) is 0.333. The molecule has 1 atom stereocenters. The number of fused-ring (bicyclic) bond motifs is 6. The lowest BCUT2D eigenvalue weighted by Gasteiger charge is -2.15. The molecule has 1 unspecified atom stereocenters. The van der Waals surface area contributed by atoms with Crippen molar-refractivity contribution in [3.8, 4) is 5.69 Å². The molecule has 5 rings (SSSR count). The van der Waals surface area contributed by atoms with Gasteiger partial charge in [0.1, 0.15) is 5.52 Å². The van der Waals surface area contributed by atoms with Crippen molar-refractivity contribution in [3.63, 3.8) is 0 Å². The Bertz CT molecular complexity index is 1520. The van der Waals surface area contributed by atoms with E-state index in [-0.39, 0.29) is 6.10 Å². The zero-order chi connectivity index (χ0) is 24.7. The second-order valence-electron chi connectivity index (χ2n) is 9.54. The summed E-state index contributed by atoms with van der Waals surface area (Å²) in [6.45, 7) is 11.8. The van der Waals surface area contributed by atoms with Crippen LogP contribution in [0.3, 0.4) is 0 Å². The largest absolute Gasteiger partial charge is 0.379 e. The Kier molecular flexibility index (Phi) is 6.30. The molecule has 0 fully saturated rings. The molecular formula is C30H33N3O2. The Hall–Kier alpha value is -3.28. The summed E-state index contributed by atoms with van der Waals surface area (Å²) in [5.41, 5.74) is 8.89. The lowest BCUT2D eigenvalue weighted by Crippen LogP contribution is -2.17. The molecule has 2 heterocycles. The van der Waals surface area contributed by atoms with E-state index in [1.807, 2.05) is 11.6 Å². The maximum Gasteiger partial charge on any atom is 0.103 e. The van der Waals surface area contributed by atoms with Gasteiger partial charge in [-0.1, -0.05) is 37.3 Å². The number of hydrogen-bond donors (Lipinski definition) is 0. The van der Waals surface area contributed by atoms with E-state index in [9.17, 15) is 0 Å². The number of aromatic nitrogens is 3. The molecule has 0 spiro atoms. The molecule has 0 aliphatic heterocycles. The van der Waals surface area contributed by atoms with Gasteiger partial charge in [-0.15, -0.1) is 0 Å². The van der Waals surface area contributed by atoms with E-state index in [0.29, 0.717) is 13.2 Å². The molecule has 0 N–H and O–H groups in total. The monoisotopic (exact) mass is 467 g/mol. The Morgan fingerprint density at radius 2 is 1.66 bits per heavy atom. The lowest BCUT2D eigenvalue weighted by molar-refractivity contribution is 0.000515. The molecule has 0 radical (unpaired) electrons. The predicted octanol–water partition coefficient (Wildman–Crippen LogP) is 6.90. The summed E-state index contributed by atoms with van der Waals surface area (Å²) >= 11 is 0. The summed E-state index contributed by atoms with van der Waals surface area (Å²) in [5.74, 6) is 0. The molecule has 180 valence electrons. The summed E-state index contributed by atoms with van der Waals surface area (Å²) in [6, 6.07) is 15.1. The summed E-state index contributed by atoms with van der Waals surface area (Å²) in [5, 5.41) is 9.76. The number of aryl methyl sites for hydroxylation is 4. The van der Waals surface area contributed by atoms with Crippen molar-refractivity contribution in [1.29, 1.82) is 0 Å². The van der Waals surface area contributed by atoms with Gasteiger partial charge < -0.3 is 9.47 Å². The van der Waals surface area contributed by atoms with E-state index in [0.717, 1.165) is 45.2 Å². The molecule has 35 heavy (non-hydrogen) atoms.